The van der Waals surface area contributed by atoms with Gasteiger partial charge in [0.25, 0.3) is 0 Å². The van der Waals surface area contributed by atoms with Crippen LogP contribution in [-0.2, 0) is 0 Å². The summed E-state index contributed by atoms with van der Waals surface area (Å²) in [5.41, 5.74) is 3.30. The minimum atomic E-state index is 0.683. The zero-order valence-electron chi connectivity index (χ0n) is 14.4. The number of rotatable bonds is 4. The van der Waals surface area contributed by atoms with Gasteiger partial charge in [-0.2, -0.15) is 5.10 Å². The van der Waals surface area contributed by atoms with Crippen LogP contribution in [-0.4, -0.2) is 15.9 Å². The second-order valence-electron chi connectivity index (χ2n) is 5.69. The third-order valence-electron chi connectivity index (χ3n) is 3.91. The molecule has 0 unspecified atom stereocenters. The van der Waals surface area contributed by atoms with Crippen molar-refractivity contribution < 1.29 is 4.42 Å². The van der Waals surface area contributed by atoms with Crippen molar-refractivity contribution in [2.45, 2.75) is 6.92 Å². The average molecular weight is 395 g/mol. The van der Waals surface area contributed by atoms with E-state index in [1.165, 1.54) is 11.3 Å². The molecule has 0 aliphatic rings. The average Bonchev–Trinajstić information content (AvgIpc) is 3.34. The molecule has 0 fully saturated rings. The van der Waals surface area contributed by atoms with Gasteiger partial charge in [-0.1, -0.05) is 23.7 Å². The summed E-state index contributed by atoms with van der Waals surface area (Å²) in [5.74, 6) is 0.716. The van der Waals surface area contributed by atoms with Crippen LogP contribution < -0.4 is 4.80 Å². The molecule has 27 heavy (non-hydrogen) atoms. The molecule has 4 rings (SSSR count). The number of benzene rings is 1. The van der Waals surface area contributed by atoms with Crippen LogP contribution in [0.3, 0.4) is 0 Å². The molecule has 0 N–H and O–H groups in total. The maximum absolute atomic E-state index is 6.23. The van der Waals surface area contributed by atoms with Gasteiger partial charge in [-0.15, -0.1) is 11.3 Å². The highest BCUT2D eigenvalue weighted by Gasteiger charge is 2.10. The molecule has 3 aromatic heterocycles. The van der Waals surface area contributed by atoms with Crippen LogP contribution in [0.25, 0.3) is 11.5 Å². The molecule has 0 saturated carbocycles. The summed E-state index contributed by atoms with van der Waals surface area (Å²) >= 11 is 7.71. The van der Waals surface area contributed by atoms with E-state index in [9.17, 15) is 0 Å². The molecule has 0 aliphatic heterocycles. The molecule has 0 atom stereocenters. The SMILES string of the molecule is Cc1c(Cl)cccc1N=c1scc(-c2ccco2)n1N=Cc1ccccn1. The van der Waals surface area contributed by atoms with Gasteiger partial charge in [0, 0.05) is 16.6 Å². The fourth-order valence-electron chi connectivity index (χ4n) is 2.47. The molecule has 0 aliphatic carbocycles. The van der Waals surface area contributed by atoms with Gasteiger partial charge in [-0.3, -0.25) is 4.98 Å². The highest BCUT2D eigenvalue weighted by molar-refractivity contribution is 7.07. The summed E-state index contributed by atoms with van der Waals surface area (Å²) in [5, 5.41) is 7.24. The van der Waals surface area contributed by atoms with Crippen LogP contribution in [0.2, 0.25) is 5.02 Å². The Bertz CT molecular complexity index is 1140. The van der Waals surface area contributed by atoms with Crippen LogP contribution in [0.1, 0.15) is 11.3 Å². The third-order valence-corrected chi connectivity index (χ3v) is 5.13. The quantitative estimate of drug-likeness (QED) is 0.442. The fraction of sp³-hybridized carbons (Fsp3) is 0.0500. The summed E-state index contributed by atoms with van der Waals surface area (Å²) in [7, 11) is 0. The zero-order chi connectivity index (χ0) is 18.6. The standard InChI is InChI=1S/C20H15ClN4OS/c1-14-16(21)7-4-8-17(14)24-20-25(23-12-15-6-2-3-10-22-15)18(13-27-20)19-9-5-11-26-19/h2-13H,1H3. The highest BCUT2D eigenvalue weighted by atomic mass is 35.5. The zero-order valence-corrected chi connectivity index (χ0v) is 16.0. The van der Waals surface area contributed by atoms with Crippen LogP contribution in [0.5, 0.6) is 0 Å². The Hall–Kier alpha value is -2.96. The topological polar surface area (TPSA) is 55.7 Å². The lowest BCUT2D eigenvalue weighted by atomic mass is 10.2. The van der Waals surface area contributed by atoms with Gasteiger partial charge in [0.2, 0.25) is 4.80 Å². The number of thiazole rings is 1. The summed E-state index contributed by atoms with van der Waals surface area (Å²) in [4.78, 5) is 9.75. The Morgan fingerprint density at radius 1 is 1.15 bits per heavy atom. The normalized spacial score (nSPS) is 12.1. The minimum absolute atomic E-state index is 0.683. The number of nitrogens with zero attached hydrogens (tertiary/aromatic N) is 4. The molecule has 0 spiro atoms. The summed E-state index contributed by atoms with van der Waals surface area (Å²) in [6.45, 7) is 1.95. The number of furan rings is 1. The molecule has 0 radical (unpaired) electrons. The lowest BCUT2D eigenvalue weighted by molar-refractivity contribution is 0.575. The molecule has 0 amide bonds. The number of pyridine rings is 1. The second kappa shape index (κ2) is 7.73. The van der Waals surface area contributed by atoms with Crippen molar-refractivity contribution in [3.8, 4) is 11.5 Å². The Kier molecular flexibility index (Phi) is 5.00. The largest absolute Gasteiger partial charge is 0.463 e. The van der Waals surface area contributed by atoms with Crippen molar-refractivity contribution >= 4 is 34.8 Å². The van der Waals surface area contributed by atoms with E-state index in [2.05, 4.69) is 10.1 Å². The third kappa shape index (κ3) is 3.77. The van der Waals surface area contributed by atoms with Gasteiger partial charge in [-0.05, 0) is 48.9 Å². The smallest absolute Gasteiger partial charge is 0.211 e. The maximum atomic E-state index is 6.23. The Labute approximate surface area is 164 Å². The van der Waals surface area contributed by atoms with Gasteiger partial charge in [0.1, 0.15) is 5.69 Å². The first-order valence-electron chi connectivity index (χ1n) is 8.22. The van der Waals surface area contributed by atoms with E-state index in [0.29, 0.717) is 15.6 Å². The molecule has 3 heterocycles. The van der Waals surface area contributed by atoms with E-state index < -0.39 is 0 Å². The van der Waals surface area contributed by atoms with Crippen molar-refractivity contribution in [1.29, 1.82) is 0 Å². The van der Waals surface area contributed by atoms with Crippen molar-refractivity contribution in [2.24, 2.45) is 10.1 Å². The lowest BCUT2D eigenvalue weighted by Gasteiger charge is -2.03. The summed E-state index contributed by atoms with van der Waals surface area (Å²) < 4.78 is 7.30. The van der Waals surface area contributed by atoms with Crippen LogP contribution in [0.4, 0.5) is 5.69 Å². The molecule has 0 bridgehead atoms. The maximum Gasteiger partial charge on any atom is 0.211 e. The van der Waals surface area contributed by atoms with E-state index in [4.69, 9.17) is 21.0 Å². The molecule has 4 aromatic rings. The fourth-order valence-corrected chi connectivity index (χ4v) is 3.47. The van der Waals surface area contributed by atoms with Crippen LogP contribution >= 0.6 is 22.9 Å². The van der Waals surface area contributed by atoms with Gasteiger partial charge in [0.05, 0.1) is 23.9 Å². The first-order chi connectivity index (χ1) is 13.2. The van der Waals surface area contributed by atoms with Gasteiger partial charge in [-0.25, -0.2) is 9.67 Å². The first-order valence-corrected chi connectivity index (χ1v) is 9.48. The van der Waals surface area contributed by atoms with E-state index >= 15 is 0 Å². The van der Waals surface area contributed by atoms with Gasteiger partial charge >= 0.3 is 0 Å². The van der Waals surface area contributed by atoms with Crippen molar-refractivity contribution in [1.82, 2.24) is 9.66 Å². The molecule has 5 nitrogen and oxygen atoms in total. The molecule has 7 heteroatoms. The van der Waals surface area contributed by atoms with Crippen molar-refractivity contribution in [2.75, 3.05) is 0 Å². The first kappa shape index (κ1) is 17.5. The van der Waals surface area contributed by atoms with Crippen LogP contribution in [0, 0.1) is 6.92 Å². The van der Waals surface area contributed by atoms with Crippen molar-refractivity contribution in [3.05, 3.63) is 87.5 Å². The molecule has 0 saturated heterocycles. The van der Waals surface area contributed by atoms with Crippen LogP contribution in [0.15, 0.2) is 80.9 Å². The van der Waals surface area contributed by atoms with Crippen molar-refractivity contribution in [3.63, 3.8) is 0 Å². The summed E-state index contributed by atoms with van der Waals surface area (Å²) in [6.07, 6.45) is 5.06. The van der Waals surface area contributed by atoms with E-state index in [1.54, 1.807) is 23.4 Å². The Morgan fingerprint density at radius 3 is 2.85 bits per heavy atom. The summed E-state index contributed by atoms with van der Waals surface area (Å²) in [6, 6.07) is 15.1. The highest BCUT2D eigenvalue weighted by Crippen LogP contribution is 2.26. The van der Waals surface area contributed by atoms with Gasteiger partial charge in [0.15, 0.2) is 5.76 Å². The van der Waals surface area contributed by atoms with E-state index in [-0.39, 0.29) is 0 Å². The Morgan fingerprint density at radius 2 is 2.07 bits per heavy atom. The molecular weight excluding hydrogens is 380 g/mol. The van der Waals surface area contributed by atoms with E-state index in [0.717, 1.165) is 22.6 Å². The second-order valence-corrected chi connectivity index (χ2v) is 6.93. The monoisotopic (exact) mass is 394 g/mol. The minimum Gasteiger partial charge on any atom is -0.463 e. The predicted octanol–water partition coefficient (Wildman–Crippen LogP) is 5.28. The predicted molar refractivity (Wildman–Crippen MR) is 109 cm³/mol. The van der Waals surface area contributed by atoms with Gasteiger partial charge < -0.3 is 4.42 Å². The number of aromatic nitrogens is 2. The number of hydrogen-bond donors (Lipinski definition) is 0. The molecule has 1 aromatic carbocycles. The Balaban J connectivity index is 1.86. The molecular formula is C20H15ClN4OS. The van der Waals surface area contributed by atoms with E-state index in [1.807, 2.05) is 60.8 Å². The number of hydrogen-bond acceptors (Lipinski definition) is 5. The molecule has 134 valence electrons. The number of halogens is 1. The lowest BCUT2D eigenvalue weighted by Crippen LogP contribution is -2.11.